The number of aromatic nitrogens is 2. The molecule has 0 spiro atoms. The van der Waals surface area contributed by atoms with Crippen LogP contribution in [0.15, 0.2) is 42.7 Å². The van der Waals surface area contributed by atoms with E-state index >= 15 is 0 Å². The number of benzene rings is 1. The highest BCUT2D eigenvalue weighted by atomic mass is 16.5. The molecule has 0 aliphatic heterocycles. The number of carbonyl (C=O) groups excluding carboxylic acids is 1. The fourth-order valence-electron chi connectivity index (χ4n) is 2.04. The zero-order chi connectivity index (χ0) is 14.9. The number of hydrogen-bond acceptors (Lipinski definition) is 4. The molecule has 0 fully saturated rings. The Morgan fingerprint density at radius 1 is 1.24 bits per heavy atom. The van der Waals surface area contributed by atoms with Gasteiger partial charge >= 0.3 is 5.97 Å². The largest absolute Gasteiger partial charge is 0.469 e. The lowest BCUT2D eigenvalue weighted by Gasteiger charge is -2.03. The standard InChI is InChI=1S/C16H21N3O2/c1-21-16(20)10-6-3-7-11-17-14-12-18-19(13-14)15-8-4-2-5-9-15/h2,4-5,8-9,12-13,17H,3,6-7,10-11H2,1H3. The van der Waals surface area contributed by atoms with Crippen molar-refractivity contribution >= 4 is 11.7 Å². The van der Waals surface area contributed by atoms with E-state index in [0.29, 0.717) is 6.42 Å². The topological polar surface area (TPSA) is 56.1 Å². The molecule has 2 aromatic rings. The summed E-state index contributed by atoms with van der Waals surface area (Å²) in [6, 6.07) is 10.0. The molecule has 5 nitrogen and oxygen atoms in total. The average molecular weight is 287 g/mol. The van der Waals surface area contributed by atoms with Crippen molar-refractivity contribution < 1.29 is 9.53 Å². The molecule has 112 valence electrons. The minimum absolute atomic E-state index is 0.132. The molecule has 0 amide bonds. The van der Waals surface area contributed by atoms with Crippen molar-refractivity contribution in [2.24, 2.45) is 0 Å². The predicted molar refractivity (Wildman–Crippen MR) is 82.5 cm³/mol. The van der Waals surface area contributed by atoms with E-state index in [1.54, 1.807) is 0 Å². The van der Waals surface area contributed by atoms with Crippen LogP contribution in [0.25, 0.3) is 5.69 Å². The highest BCUT2D eigenvalue weighted by Crippen LogP contribution is 2.11. The molecule has 0 radical (unpaired) electrons. The molecule has 0 saturated carbocycles. The van der Waals surface area contributed by atoms with E-state index in [1.165, 1.54) is 7.11 Å². The molecule has 0 unspecified atom stereocenters. The quantitative estimate of drug-likeness (QED) is 0.599. The smallest absolute Gasteiger partial charge is 0.305 e. The Morgan fingerprint density at radius 2 is 2.05 bits per heavy atom. The minimum atomic E-state index is -0.132. The third-order valence-corrected chi connectivity index (χ3v) is 3.22. The van der Waals surface area contributed by atoms with Crippen LogP contribution in [0.4, 0.5) is 5.69 Å². The Hall–Kier alpha value is -2.30. The van der Waals surface area contributed by atoms with E-state index in [9.17, 15) is 4.79 Å². The molecule has 21 heavy (non-hydrogen) atoms. The van der Waals surface area contributed by atoms with Gasteiger partial charge in [-0.1, -0.05) is 24.6 Å². The third kappa shape index (κ3) is 4.95. The molecule has 1 heterocycles. The first-order chi connectivity index (χ1) is 10.3. The maximum atomic E-state index is 11.0. The van der Waals surface area contributed by atoms with Gasteiger partial charge in [-0.2, -0.15) is 5.10 Å². The van der Waals surface area contributed by atoms with Crippen molar-refractivity contribution in [3.05, 3.63) is 42.7 Å². The summed E-state index contributed by atoms with van der Waals surface area (Å²) < 4.78 is 6.45. The molecule has 0 bridgehead atoms. The number of nitrogens with zero attached hydrogens (tertiary/aromatic N) is 2. The van der Waals surface area contributed by atoms with E-state index in [1.807, 2.05) is 47.4 Å². The zero-order valence-electron chi connectivity index (χ0n) is 12.3. The maximum Gasteiger partial charge on any atom is 0.305 e. The van der Waals surface area contributed by atoms with E-state index < -0.39 is 0 Å². The number of hydrogen-bond donors (Lipinski definition) is 1. The minimum Gasteiger partial charge on any atom is -0.469 e. The summed E-state index contributed by atoms with van der Waals surface area (Å²) in [5, 5.41) is 7.67. The Morgan fingerprint density at radius 3 is 2.81 bits per heavy atom. The first kappa shape index (κ1) is 15.1. The summed E-state index contributed by atoms with van der Waals surface area (Å²) in [5.74, 6) is -0.132. The first-order valence-electron chi connectivity index (χ1n) is 7.20. The number of ether oxygens (including phenoxy) is 1. The van der Waals surface area contributed by atoms with Crippen LogP contribution in [-0.4, -0.2) is 29.4 Å². The van der Waals surface area contributed by atoms with Gasteiger partial charge in [0.05, 0.1) is 30.9 Å². The highest BCUT2D eigenvalue weighted by Gasteiger charge is 2.01. The number of methoxy groups -OCH3 is 1. The normalized spacial score (nSPS) is 10.3. The van der Waals surface area contributed by atoms with Gasteiger partial charge in [0, 0.05) is 13.0 Å². The van der Waals surface area contributed by atoms with Crippen molar-refractivity contribution in [3.63, 3.8) is 0 Å². The van der Waals surface area contributed by atoms with Crippen molar-refractivity contribution in [2.75, 3.05) is 19.0 Å². The SMILES string of the molecule is COC(=O)CCCCCNc1cnn(-c2ccccc2)c1. The van der Waals surface area contributed by atoms with E-state index in [0.717, 1.165) is 37.2 Å². The van der Waals surface area contributed by atoms with E-state index in [2.05, 4.69) is 15.2 Å². The van der Waals surface area contributed by atoms with Gasteiger partial charge in [-0.15, -0.1) is 0 Å². The van der Waals surface area contributed by atoms with Crippen LogP contribution < -0.4 is 5.32 Å². The van der Waals surface area contributed by atoms with Crippen molar-refractivity contribution in [1.82, 2.24) is 9.78 Å². The van der Waals surface area contributed by atoms with Gasteiger partial charge in [-0.05, 0) is 25.0 Å². The van der Waals surface area contributed by atoms with Crippen LogP contribution in [-0.2, 0) is 9.53 Å². The summed E-state index contributed by atoms with van der Waals surface area (Å²) in [6.45, 7) is 0.877. The third-order valence-electron chi connectivity index (χ3n) is 3.22. The van der Waals surface area contributed by atoms with Gasteiger partial charge in [0.2, 0.25) is 0 Å². The van der Waals surface area contributed by atoms with E-state index in [4.69, 9.17) is 0 Å². The molecule has 0 atom stereocenters. The van der Waals surface area contributed by atoms with Gasteiger partial charge in [0.15, 0.2) is 0 Å². The molecular formula is C16H21N3O2. The summed E-state index contributed by atoms with van der Waals surface area (Å²) >= 11 is 0. The number of para-hydroxylation sites is 1. The Kier molecular flexibility index (Phi) is 5.82. The van der Waals surface area contributed by atoms with Crippen LogP contribution in [0.5, 0.6) is 0 Å². The lowest BCUT2D eigenvalue weighted by atomic mass is 10.2. The number of anilines is 1. The monoisotopic (exact) mass is 287 g/mol. The molecule has 1 aromatic carbocycles. The van der Waals surface area contributed by atoms with Crippen LogP contribution in [0.3, 0.4) is 0 Å². The Balaban J connectivity index is 1.68. The van der Waals surface area contributed by atoms with E-state index in [-0.39, 0.29) is 5.97 Å². The van der Waals surface area contributed by atoms with Gasteiger partial charge in [0.1, 0.15) is 0 Å². The molecule has 0 aliphatic rings. The predicted octanol–water partition coefficient (Wildman–Crippen LogP) is 3.02. The number of nitrogens with one attached hydrogen (secondary N) is 1. The van der Waals surface area contributed by atoms with Gasteiger partial charge in [-0.25, -0.2) is 4.68 Å². The first-order valence-corrected chi connectivity index (χ1v) is 7.20. The van der Waals surface area contributed by atoms with Gasteiger partial charge in [-0.3, -0.25) is 4.79 Å². The number of unbranched alkanes of at least 4 members (excludes halogenated alkanes) is 2. The molecular weight excluding hydrogens is 266 g/mol. The lowest BCUT2D eigenvalue weighted by Crippen LogP contribution is -2.02. The van der Waals surface area contributed by atoms with Crippen LogP contribution in [0, 0.1) is 0 Å². The molecule has 0 aliphatic carbocycles. The molecule has 0 saturated heterocycles. The number of rotatable bonds is 8. The molecule has 5 heteroatoms. The second-order valence-electron chi connectivity index (χ2n) is 4.82. The summed E-state index contributed by atoms with van der Waals surface area (Å²) in [7, 11) is 1.42. The van der Waals surface area contributed by atoms with Crippen molar-refractivity contribution in [1.29, 1.82) is 0 Å². The van der Waals surface area contributed by atoms with Crippen LogP contribution >= 0.6 is 0 Å². The Bertz CT molecular complexity index is 552. The highest BCUT2D eigenvalue weighted by molar-refractivity contribution is 5.68. The maximum absolute atomic E-state index is 11.0. The second kappa shape index (κ2) is 8.09. The number of esters is 1. The van der Waals surface area contributed by atoms with Crippen LogP contribution in [0.2, 0.25) is 0 Å². The fourth-order valence-corrected chi connectivity index (χ4v) is 2.04. The number of carbonyl (C=O) groups is 1. The molecule has 1 N–H and O–H groups in total. The second-order valence-corrected chi connectivity index (χ2v) is 4.82. The lowest BCUT2D eigenvalue weighted by molar-refractivity contribution is -0.140. The van der Waals surface area contributed by atoms with Gasteiger partial charge in [0.25, 0.3) is 0 Å². The van der Waals surface area contributed by atoms with Crippen molar-refractivity contribution in [3.8, 4) is 5.69 Å². The van der Waals surface area contributed by atoms with Crippen molar-refractivity contribution in [2.45, 2.75) is 25.7 Å². The zero-order valence-corrected chi connectivity index (χ0v) is 12.3. The average Bonchev–Trinajstić information content (AvgIpc) is 3.00. The summed E-state index contributed by atoms with van der Waals surface area (Å²) in [6.07, 6.45) is 7.20. The summed E-state index contributed by atoms with van der Waals surface area (Å²) in [5.41, 5.74) is 2.05. The molecule has 1 aromatic heterocycles. The Labute approximate surface area is 124 Å². The molecule has 2 rings (SSSR count). The fraction of sp³-hybridized carbons (Fsp3) is 0.375. The van der Waals surface area contributed by atoms with Crippen LogP contribution in [0.1, 0.15) is 25.7 Å². The van der Waals surface area contributed by atoms with Gasteiger partial charge < -0.3 is 10.1 Å². The summed E-state index contributed by atoms with van der Waals surface area (Å²) in [4.78, 5) is 11.0.